The SMILES string of the molecule is [2H]c1c([2H])c([2H])c(C([2H])([2H])S(=O)(=O)OC2=C(N)O[C@]([2H])(c3ccc(C(=O)O)cc3)C2=O)c([2H])c1[2H]. The fourth-order valence-corrected chi connectivity index (χ4v) is 2.78. The van der Waals surface area contributed by atoms with Gasteiger partial charge in [0.1, 0.15) is 5.70 Å². The fraction of sp³-hybridized carbons (Fsp3) is 0.111. The van der Waals surface area contributed by atoms with Gasteiger partial charge in [0.2, 0.25) is 17.4 Å². The zero-order valence-electron chi connectivity index (χ0n) is 21.2. The van der Waals surface area contributed by atoms with Gasteiger partial charge in [-0.1, -0.05) is 42.3 Å². The molecule has 0 amide bonds. The number of carboxylic acids is 1. The van der Waals surface area contributed by atoms with Crippen LogP contribution in [0.25, 0.3) is 0 Å². The predicted molar refractivity (Wildman–Crippen MR) is 93.6 cm³/mol. The van der Waals surface area contributed by atoms with Crippen LogP contribution >= 0.6 is 0 Å². The van der Waals surface area contributed by atoms with Gasteiger partial charge in [-0.3, -0.25) is 4.79 Å². The summed E-state index contributed by atoms with van der Waals surface area (Å²) in [5.41, 5.74) is 0.0522. The zero-order chi connectivity index (χ0) is 26.7. The molecule has 1 heterocycles. The summed E-state index contributed by atoms with van der Waals surface area (Å²) in [4.78, 5) is 23.8. The maximum Gasteiger partial charge on any atom is 0.335 e. The van der Waals surface area contributed by atoms with Gasteiger partial charge >= 0.3 is 16.1 Å². The summed E-state index contributed by atoms with van der Waals surface area (Å²) >= 11 is 0. The third-order valence-corrected chi connectivity index (χ3v) is 4.00. The molecule has 8 nitrogen and oxygen atoms in total. The second kappa shape index (κ2) is 7.12. The average molecular weight is 397 g/mol. The van der Waals surface area contributed by atoms with Crippen molar-refractivity contribution in [3.63, 3.8) is 0 Å². The summed E-state index contributed by atoms with van der Waals surface area (Å²) in [6.07, 6.45) is -2.70. The third kappa shape index (κ3) is 4.09. The van der Waals surface area contributed by atoms with Crippen molar-refractivity contribution in [3.8, 4) is 0 Å². The van der Waals surface area contributed by atoms with Crippen LogP contribution in [0.5, 0.6) is 0 Å². The second-order valence-electron chi connectivity index (χ2n) is 4.98. The lowest BCUT2D eigenvalue weighted by atomic mass is 10.0. The number of benzene rings is 2. The summed E-state index contributed by atoms with van der Waals surface area (Å²) in [5, 5.41) is 8.97. The molecule has 3 N–H and O–H groups in total. The molecule has 0 aromatic heterocycles. The van der Waals surface area contributed by atoms with Crippen LogP contribution in [0.1, 0.15) is 38.5 Å². The molecule has 9 heteroatoms. The first-order valence-electron chi connectivity index (χ1n) is 11.1. The predicted octanol–water partition coefficient (Wildman–Crippen LogP) is 1.70. The smallest absolute Gasteiger partial charge is 0.335 e. The number of hydrogen-bond acceptors (Lipinski definition) is 7. The van der Waals surface area contributed by atoms with Gasteiger partial charge in [-0.2, -0.15) is 8.42 Å². The number of hydrogen-bond donors (Lipinski definition) is 2. The molecule has 2 aromatic rings. The third-order valence-electron chi connectivity index (χ3n) is 3.16. The molecule has 0 bridgehead atoms. The van der Waals surface area contributed by atoms with Gasteiger partial charge in [-0.15, -0.1) is 0 Å². The number of rotatable bonds is 6. The first-order valence-corrected chi connectivity index (χ1v) is 8.47. The molecule has 0 saturated heterocycles. The van der Waals surface area contributed by atoms with E-state index in [0.29, 0.717) is 0 Å². The van der Waals surface area contributed by atoms with Gasteiger partial charge in [0.15, 0.2) is 6.08 Å². The van der Waals surface area contributed by atoms with E-state index in [1.54, 1.807) is 0 Å². The molecular weight excluding hydrogens is 374 g/mol. The topological polar surface area (TPSA) is 133 Å². The van der Waals surface area contributed by atoms with Crippen molar-refractivity contribution in [2.24, 2.45) is 5.73 Å². The molecule has 3 rings (SSSR count). The number of Topliss-reactive ketones (excluding diaryl/α,β-unsaturated/α-hetero) is 1. The molecule has 0 spiro atoms. The molecule has 1 aliphatic rings. The number of nitrogens with two attached hydrogens (primary N) is 1. The minimum Gasteiger partial charge on any atom is -0.478 e. The fourth-order valence-electron chi connectivity index (χ4n) is 2.01. The lowest BCUT2D eigenvalue weighted by Crippen LogP contribution is -2.16. The van der Waals surface area contributed by atoms with E-state index in [9.17, 15) is 18.0 Å². The number of ether oxygens (including phenoxy) is 1. The monoisotopic (exact) mass is 397 g/mol. The quantitative estimate of drug-likeness (QED) is 0.704. The van der Waals surface area contributed by atoms with Crippen molar-refractivity contribution in [2.75, 3.05) is 0 Å². The zero-order valence-corrected chi connectivity index (χ0v) is 14.0. The number of carboxylic acid groups (broad SMARTS) is 1. The van der Waals surface area contributed by atoms with Crippen LogP contribution < -0.4 is 5.73 Å². The second-order valence-corrected chi connectivity index (χ2v) is 6.25. The Kier molecular flexibility index (Phi) is 2.83. The lowest BCUT2D eigenvalue weighted by Gasteiger charge is -2.10. The van der Waals surface area contributed by atoms with Crippen LogP contribution in [0, 0.1) is 0 Å². The molecule has 0 aliphatic carbocycles. The molecule has 0 saturated carbocycles. The van der Waals surface area contributed by atoms with E-state index in [0.717, 1.165) is 24.3 Å². The molecule has 1 atom stereocenters. The van der Waals surface area contributed by atoms with Crippen molar-refractivity contribution in [1.29, 1.82) is 0 Å². The van der Waals surface area contributed by atoms with E-state index in [1.165, 1.54) is 0 Å². The highest BCUT2D eigenvalue weighted by Crippen LogP contribution is 2.32. The normalized spacial score (nSPS) is 24.4. The van der Waals surface area contributed by atoms with Crippen LogP contribution in [-0.4, -0.2) is 25.3 Å². The van der Waals surface area contributed by atoms with Gasteiger partial charge in [0.05, 0.1) is 16.5 Å². The largest absolute Gasteiger partial charge is 0.478 e. The minimum absolute atomic E-state index is 0.186. The Morgan fingerprint density at radius 3 is 2.52 bits per heavy atom. The molecule has 1 aliphatic heterocycles. The molecule has 0 fully saturated rings. The Balaban J connectivity index is 2.02. The first-order chi connectivity index (χ1) is 16.0. The number of carbonyl (C=O) groups excluding carboxylic acids is 1. The van der Waals surface area contributed by atoms with E-state index < -0.39 is 81.1 Å². The Morgan fingerprint density at radius 2 is 1.93 bits per heavy atom. The number of aromatic carboxylic acids is 1. The maximum atomic E-state index is 12.8. The van der Waals surface area contributed by atoms with Gasteiger partial charge in [-0.05, 0) is 17.7 Å². The van der Waals surface area contributed by atoms with E-state index in [4.69, 9.17) is 26.5 Å². The van der Waals surface area contributed by atoms with E-state index in [1.807, 2.05) is 0 Å². The Bertz CT molecular complexity index is 1380. The lowest BCUT2D eigenvalue weighted by molar-refractivity contribution is -0.123. The van der Waals surface area contributed by atoms with Gasteiger partial charge in [0, 0.05) is 5.56 Å². The van der Waals surface area contributed by atoms with E-state index in [-0.39, 0.29) is 11.1 Å². The van der Waals surface area contributed by atoms with Gasteiger partial charge in [0.25, 0.3) is 0 Å². The summed E-state index contributed by atoms with van der Waals surface area (Å²) in [6.45, 7) is 0. The number of carbonyl (C=O) groups is 2. The van der Waals surface area contributed by atoms with Crippen LogP contribution in [-0.2, 0) is 29.5 Å². The van der Waals surface area contributed by atoms with Crippen molar-refractivity contribution < 1.29 is 43.0 Å². The summed E-state index contributed by atoms with van der Waals surface area (Å²) in [5.74, 6) is -5.05. The molecule has 27 heavy (non-hydrogen) atoms. The Labute approximate surface area is 166 Å². The maximum absolute atomic E-state index is 12.8. The molecule has 0 radical (unpaired) electrons. The van der Waals surface area contributed by atoms with Crippen LogP contribution in [0.3, 0.4) is 0 Å². The first kappa shape index (κ1) is 10.7. The molecule has 0 unspecified atom stereocenters. The van der Waals surface area contributed by atoms with E-state index in [2.05, 4.69) is 4.18 Å². The van der Waals surface area contributed by atoms with Crippen LogP contribution in [0.4, 0.5) is 0 Å². The standard InChI is InChI=1S/C18H15NO7S/c19-17-16(26-27(23,24)10-11-4-2-1-3-5-11)14(20)15(25-17)12-6-8-13(9-7-12)18(21)22/h1-9,15H,10,19H2,(H,21,22)/t15-/m1/s1/i1D,2D,3D,4D,5D,10D2,15D. The van der Waals surface area contributed by atoms with Crippen molar-refractivity contribution in [2.45, 2.75) is 11.8 Å². The molecule has 140 valence electrons. The van der Waals surface area contributed by atoms with Gasteiger partial charge < -0.3 is 19.8 Å². The molecule has 2 aromatic carbocycles. The highest BCUT2D eigenvalue weighted by molar-refractivity contribution is 7.86. The Morgan fingerprint density at radius 1 is 1.30 bits per heavy atom. The Hall–Kier alpha value is -3.33. The number of ketones is 1. The summed E-state index contributed by atoms with van der Waals surface area (Å²) < 4.78 is 98.0. The van der Waals surface area contributed by atoms with Crippen LogP contribution in [0.2, 0.25) is 0 Å². The highest BCUT2D eigenvalue weighted by Gasteiger charge is 2.39. The average Bonchev–Trinajstić information content (AvgIpc) is 2.99. The van der Waals surface area contributed by atoms with E-state index >= 15 is 0 Å². The van der Waals surface area contributed by atoms with Crippen molar-refractivity contribution in [3.05, 3.63) is 82.8 Å². The summed E-state index contributed by atoms with van der Waals surface area (Å²) in [6, 6.07) is -1.02. The molecular formula is C18H15NO7S. The summed E-state index contributed by atoms with van der Waals surface area (Å²) in [7, 11) is -5.64. The minimum atomic E-state index is -5.64. The van der Waals surface area contributed by atoms with Crippen molar-refractivity contribution >= 4 is 21.9 Å². The van der Waals surface area contributed by atoms with Gasteiger partial charge in [-0.25, -0.2) is 4.79 Å². The van der Waals surface area contributed by atoms with Crippen molar-refractivity contribution in [1.82, 2.24) is 0 Å². The van der Waals surface area contributed by atoms with Crippen LogP contribution in [0.15, 0.2) is 66.1 Å². The highest BCUT2D eigenvalue weighted by atomic mass is 32.2.